The van der Waals surface area contributed by atoms with Crippen LogP contribution in [0.4, 0.5) is 17.1 Å². The average molecular weight is 519 g/mol. The van der Waals surface area contributed by atoms with E-state index in [9.17, 15) is 9.59 Å². The molecule has 0 radical (unpaired) electrons. The molecule has 0 aliphatic heterocycles. The van der Waals surface area contributed by atoms with Crippen LogP contribution in [0.15, 0.2) is 85.1 Å². The standard InChI is InChI=1S/C31H30N6O2/c1-19-9-10-22(17-26(19)35-30(39)31(2,3)4)27-18-37-28(33-27)16-15-24(36-37)20-11-13-21(14-12-20)29(38)34-25-8-6-5-7-23(25)32/h5-18H,32H2,1-4H3,(H,34,38)(H,35,39). The zero-order valence-electron chi connectivity index (χ0n) is 22.3. The van der Waals surface area contributed by atoms with Crippen LogP contribution in [0.2, 0.25) is 0 Å². The number of hydrogen-bond donors (Lipinski definition) is 3. The van der Waals surface area contributed by atoms with Crippen molar-refractivity contribution in [3.8, 4) is 22.5 Å². The fourth-order valence-corrected chi connectivity index (χ4v) is 4.00. The first-order valence-corrected chi connectivity index (χ1v) is 12.6. The molecule has 2 heterocycles. The first kappa shape index (κ1) is 25.7. The van der Waals surface area contributed by atoms with Gasteiger partial charge in [0.2, 0.25) is 5.91 Å². The zero-order chi connectivity index (χ0) is 27.7. The van der Waals surface area contributed by atoms with Gasteiger partial charge >= 0.3 is 0 Å². The van der Waals surface area contributed by atoms with E-state index < -0.39 is 5.41 Å². The van der Waals surface area contributed by atoms with Crippen molar-refractivity contribution in [3.63, 3.8) is 0 Å². The van der Waals surface area contributed by atoms with Gasteiger partial charge in [0, 0.05) is 27.8 Å². The smallest absolute Gasteiger partial charge is 0.255 e. The summed E-state index contributed by atoms with van der Waals surface area (Å²) in [5, 5.41) is 10.6. The van der Waals surface area contributed by atoms with E-state index in [-0.39, 0.29) is 11.8 Å². The summed E-state index contributed by atoms with van der Waals surface area (Å²) in [4.78, 5) is 29.9. The van der Waals surface area contributed by atoms with Gasteiger partial charge in [-0.1, -0.05) is 57.2 Å². The molecule has 0 atom stereocenters. The van der Waals surface area contributed by atoms with E-state index in [1.165, 1.54) is 0 Å². The van der Waals surface area contributed by atoms with Crippen LogP contribution in [0, 0.1) is 12.3 Å². The van der Waals surface area contributed by atoms with Gasteiger partial charge in [-0.05, 0) is 55.0 Å². The summed E-state index contributed by atoms with van der Waals surface area (Å²) >= 11 is 0. The number of carbonyl (C=O) groups is 2. The SMILES string of the molecule is Cc1ccc(-c2cn3nc(-c4ccc(C(=O)Nc5ccccc5N)cc4)ccc3n2)cc1NC(=O)C(C)(C)C. The van der Waals surface area contributed by atoms with Gasteiger partial charge in [-0.2, -0.15) is 5.10 Å². The molecule has 0 saturated carbocycles. The van der Waals surface area contributed by atoms with E-state index in [1.54, 1.807) is 28.8 Å². The van der Waals surface area contributed by atoms with Crippen LogP contribution >= 0.6 is 0 Å². The van der Waals surface area contributed by atoms with Gasteiger partial charge in [-0.15, -0.1) is 0 Å². The largest absolute Gasteiger partial charge is 0.397 e. The number of fused-ring (bicyclic) bond motifs is 1. The lowest BCUT2D eigenvalue weighted by Gasteiger charge is -2.19. The number of aromatic nitrogens is 3. The van der Waals surface area contributed by atoms with Crippen molar-refractivity contribution < 1.29 is 9.59 Å². The Balaban J connectivity index is 1.37. The molecule has 3 aromatic carbocycles. The number of amides is 2. The highest BCUT2D eigenvalue weighted by molar-refractivity contribution is 6.06. The van der Waals surface area contributed by atoms with Gasteiger partial charge in [0.1, 0.15) is 0 Å². The first-order chi connectivity index (χ1) is 18.6. The number of para-hydroxylation sites is 2. The molecule has 8 nitrogen and oxygen atoms in total. The maximum atomic E-state index is 12.7. The van der Waals surface area contributed by atoms with E-state index in [4.69, 9.17) is 15.8 Å². The van der Waals surface area contributed by atoms with Gasteiger partial charge < -0.3 is 16.4 Å². The molecule has 5 rings (SSSR count). The number of nitrogens with zero attached hydrogens (tertiary/aromatic N) is 3. The lowest BCUT2D eigenvalue weighted by atomic mass is 9.95. The highest BCUT2D eigenvalue weighted by atomic mass is 16.2. The molecule has 0 fully saturated rings. The van der Waals surface area contributed by atoms with Crippen LogP contribution in [-0.4, -0.2) is 26.4 Å². The number of nitrogens with one attached hydrogen (secondary N) is 2. The molecule has 0 aliphatic rings. The predicted octanol–water partition coefficient (Wildman–Crippen LogP) is 6.19. The maximum Gasteiger partial charge on any atom is 0.255 e. The molecule has 0 spiro atoms. The van der Waals surface area contributed by atoms with Crippen LogP contribution < -0.4 is 16.4 Å². The molecule has 2 amide bonds. The van der Waals surface area contributed by atoms with Gasteiger partial charge in [-0.25, -0.2) is 9.50 Å². The van der Waals surface area contributed by atoms with Crippen LogP contribution in [0.5, 0.6) is 0 Å². The maximum absolute atomic E-state index is 12.7. The third kappa shape index (κ3) is 5.50. The molecule has 4 N–H and O–H groups in total. The lowest BCUT2D eigenvalue weighted by Crippen LogP contribution is -2.27. The topological polar surface area (TPSA) is 114 Å². The van der Waals surface area contributed by atoms with Gasteiger partial charge in [0.15, 0.2) is 5.65 Å². The van der Waals surface area contributed by atoms with E-state index >= 15 is 0 Å². The summed E-state index contributed by atoms with van der Waals surface area (Å²) in [7, 11) is 0. The number of carbonyl (C=O) groups excluding carboxylic acids is 2. The normalized spacial score (nSPS) is 11.4. The van der Waals surface area contributed by atoms with Crippen LogP contribution in [0.25, 0.3) is 28.2 Å². The quantitative estimate of drug-likeness (QED) is 0.240. The minimum Gasteiger partial charge on any atom is -0.397 e. The number of hydrogen-bond acceptors (Lipinski definition) is 5. The second-order valence-corrected chi connectivity index (χ2v) is 10.5. The summed E-state index contributed by atoms with van der Waals surface area (Å²) in [5.41, 5.74) is 12.7. The molecule has 0 aliphatic carbocycles. The fourth-order valence-electron chi connectivity index (χ4n) is 4.00. The van der Waals surface area contributed by atoms with E-state index in [1.807, 2.05) is 88.5 Å². The molecular formula is C31H30N6O2. The lowest BCUT2D eigenvalue weighted by molar-refractivity contribution is -0.123. The van der Waals surface area contributed by atoms with Crippen molar-refractivity contribution in [3.05, 3.63) is 96.2 Å². The second-order valence-electron chi connectivity index (χ2n) is 10.5. The summed E-state index contributed by atoms with van der Waals surface area (Å²) in [6.45, 7) is 7.62. The first-order valence-electron chi connectivity index (χ1n) is 12.6. The van der Waals surface area contributed by atoms with Gasteiger partial charge in [0.05, 0.1) is 29.0 Å². The molecule has 5 aromatic rings. The summed E-state index contributed by atoms with van der Waals surface area (Å²) < 4.78 is 1.73. The van der Waals surface area contributed by atoms with Crippen molar-refractivity contribution in [2.45, 2.75) is 27.7 Å². The van der Waals surface area contributed by atoms with Gasteiger partial charge in [-0.3, -0.25) is 9.59 Å². The molecule has 2 aromatic heterocycles. The van der Waals surface area contributed by atoms with E-state index in [0.29, 0.717) is 22.6 Å². The third-order valence-electron chi connectivity index (χ3n) is 6.43. The Bertz CT molecular complexity index is 1700. The third-order valence-corrected chi connectivity index (χ3v) is 6.43. The summed E-state index contributed by atoms with van der Waals surface area (Å²) in [6, 6.07) is 24.1. The molecule has 39 heavy (non-hydrogen) atoms. The predicted molar refractivity (Wildman–Crippen MR) is 155 cm³/mol. The number of aryl methyl sites for hydroxylation is 1. The summed E-state index contributed by atoms with van der Waals surface area (Å²) in [5.74, 6) is -0.282. The van der Waals surface area contributed by atoms with Gasteiger partial charge in [0.25, 0.3) is 5.91 Å². The van der Waals surface area contributed by atoms with Crippen LogP contribution in [0.1, 0.15) is 36.7 Å². The minimum atomic E-state index is -0.496. The van der Waals surface area contributed by atoms with E-state index in [2.05, 4.69) is 10.6 Å². The van der Waals surface area contributed by atoms with Crippen molar-refractivity contribution >= 4 is 34.5 Å². The average Bonchev–Trinajstić information content (AvgIpc) is 3.34. The van der Waals surface area contributed by atoms with Crippen molar-refractivity contribution in [2.75, 3.05) is 16.4 Å². The van der Waals surface area contributed by atoms with Crippen LogP contribution in [-0.2, 0) is 4.79 Å². The van der Waals surface area contributed by atoms with E-state index in [0.717, 1.165) is 33.8 Å². The Labute approximate surface area is 226 Å². The highest BCUT2D eigenvalue weighted by Crippen LogP contribution is 2.28. The van der Waals surface area contributed by atoms with Crippen molar-refractivity contribution in [1.82, 2.24) is 14.6 Å². The number of imidazole rings is 1. The Morgan fingerprint density at radius 3 is 2.26 bits per heavy atom. The summed E-state index contributed by atoms with van der Waals surface area (Å²) in [6.07, 6.45) is 1.87. The highest BCUT2D eigenvalue weighted by Gasteiger charge is 2.22. The Morgan fingerprint density at radius 1 is 0.821 bits per heavy atom. The number of nitrogen functional groups attached to an aromatic ring is 1. The molecule has 8 heteroatoms. The Kier molecular flexibility index (Phi) is 6.62. The number of rotatable bonds is 5. The van der Waals surface area contributed by atoms with Crippen molar-refractivity contribution in [1.29, 1.82) is 0 Å². The molecule has 196 valence electrons. The Hall–Kier alpha value is -4.98. The second kappa shape index (κ2) is 10.1. The number of anilines is 3. The zero-order valence-corrected chi connectivity index (χ0v) is 22.3. The minimum absolute atomic E-state index is 0.0447. The molecule has 0 unspecified atom stereocenters. The Morgan fingerprint density at radius 2 is 1.54 bits per heavy atom. The number of benzene rings is 3. The monoisotopic (exact) mass is 518 g/mol. The number of nitrogens with two attached hydrogens (primary N) is 1. The molecule has 0 bridgehead atoms. The van der Waals surface area contributed by atoms with Crippen LogP contribution in [0.3, 0.4) is 0 Å². The fraction of sp³-hybridized carbons (Fsp3) is 0.161. The molecule has 0 saturated heterocycles. The van der Waals surface area contributed by atoms with Crippen molar-refractivity contribution in [2.24, 2.45) is 5.41 Å². The molecular weight excluding hydrogens is 488 g/mol.